The van der Waals surface area contributed by atoms with Gasteiger partial charge in [0, 0.05) is 15.4 Å². The van der Waals surface area contributed by atoms with E-state index in [0.717, 1.165) is 9.37 Å². The van der Waals surface area contributed by atoms with Crippen molar-refractivity contribution in [2.45, 2.75) is 24.8 Å². The number of carbonyl (C=O) groups is 2. The zero-order valence-corrected chi connectivity index (χ0v) is 15.9. The lowest BCUT2D eigenvalue weighted by Crippen LogP contribution is -2.31. The topological polar surface area (TPSA) is 58.2 Å². The highest BCUT2D eigenvalue weighted by molar-refractivity contribution is 9.10. The van der Waals surface area contributed by atoms with Crippen molar-refractivity contribution in [1.29, 1.82) is 0 Å². The first-order valence-electron chi connectivity index (χ1n) is 7.54. The number of hydrogen-bond acceptors (Lipinski definition) is 3. The van der Waals surface area contributed by atoms with E-state index in [1.54, 1.807) is 24.3 Å². The molecular weight excluding hydrogens is 388 g/mol. The molecule has 0 aliphatic rings. The second-order valence-corrected chi connectivity index (χ2v) is 7.31. The molecule has 2 aromatic carbocycles. The molecule has 0 aromatic heterocycles. The van der Waals surface area contributed by atoms with Crippen LogP contribution < -0.4 is 10.6 Å². The Morgan fingerprint density at radius 3 is 2.46 bits per heavy atom. The molecule has 2 aromatic rings. The van der Waals surface area contributed by atoms with E-state index in [-0.39, 0.29) is 23.6 Å². The number of para-hydroxylation sites is 1. The number of amides is 2. The Kier molecular flexibility index (Phi) is 6.87. The summed E-state index contributed by atoms with van der Waals surface area (Å²) in [6, 6.07) is 14.8. The number of carbonyl (C=O) groups excluding carboxylic acids is 2. The zero-order valence-electron chi connectivity index (χ0n) is 13.5. The summed E-state index contributed by atoms with van der Waals surface area (Å²) in [5.74, 6) is -0.0807. The molecule has 0 fully saturated rings. The van der Waals surface area contributed by atoms with E-state index in [9.17, 15) is 9.59 Å². The van der Waals surface area contributed by atoms with Crippen LogP contribution in [0.3, 0.4) is 0 Å². The van der Waals surface area contributed by atoms with Crippen molar-refractivity contribution in [3.63, 3.8) is 0 Å². The molecule has 0 heterocycles. The van der Waals surface area contributed by atoms with Crippen molar-refractivity contribution in [3.05, 3.63) is 58.6 Å². The molecule has 2 N–H and O–H groups in total. The van der Waals surface area contributed by atoms with Crippen LogP contribution in [0.25, 0.3) is 0 Å². The molecule has 4 nitrogen and oxygen atoms in total. The van der Waals surface area contributed by atoms with Gasteiger partial charge in [0.25, 0.3) is 5.91 Å². The van der Waals surface area contributed by atoms with Crippen LogP contribution in [0.15, 0.2) is 57.9 Å². The van der Waals surface area contributed by atoms with Gasteiger partial charge in [0.1, 0.15) is 0 Å². The van der Waals surface area contributed by atoms with E-state index in [1.807, 2.05) is 38.1 Å². The molecule has 0 atom stereocenters. The largest absolute Gasteiger partial charge is 0.350 e. The average Bonchev–Trinajstić information content (AvgIpc) is 2.54. The summed E-state index contributed by atoms with van der Waals surface area (Å²) >= 11 is 4.90. The first-order chi connectivity index (χ1) is 11.5. The minimum atomic E-state index is -0.195. The summed E-state index contributed by atoms with van der Waals surface area (Å²) in [6.07, 6.45) is 0. The van der Waals surface area contributed by atoms with Crippen LogP contribution in [0.1, 0.15) is 24.2 Å². The summed E-state index contributed by atoms with van der Waals surface area (Å²) in [5, 5.41) is 5.65. The van der Waals surface area contributed by atoms with Crippen LogP contribution in [0.4, 0.5) is 5.69 Å². The molecular formula is C18H19BrN2O2S. The molecule has 0 aliphatic carbocycles. The monoisotopic (exact) mass is 406 g/mol. The summed E-state index contributed by atoms with van der Waals surface area (Å²) < 4.78 is 0.958. The fraction of sp³-hybridized carbons (Fsp3) is 0.222. The molecule has 0 radical (unpaired) electrons. The van der Waals surface area contributed by atoms with Gasteiger partial charge in [-0.25, -0.2) is 0 Å². The maximum atomic E-state index is 12.2. The van der Waals surface area contributed by atoms with Crippen LogP contribution in [0, 0.1) is 0 Å². The van der Waals surface area contributed by atoms with E-state index in [0.29, 0.717) is 11.3 Å². The molecule has 0 aliphatic heterocycles. The maximum Gasteiger partial charge on any atom is 0.253 e. The lowest BCUT2D eigenvalue weighted by molar-refractivity contribution is -0.113. The summed E-state index contributed by atoms with van der Waals surface area (Å²) in [5.41, 5.74) is 0.985. The Hall–Kier alpha value is -1.79. The van der Waals surface area contributed by atoms with Gasteiger partial charge in [0.2, 0.25) is 5.91 Å². The Labute approximate surface area is 154 Å². The lowest BCUT2D eigenvalue weighted by Gasteiger charge is -2.13. The van der Waals surface area contributed by atoms with Crippen LogP contribution >= 0.6 is 27.7 Å². The fourth-order valence-corrected chi connectivity index (χ4v) is 3.39. The van der Waals surface area contributed by atoms with Gasteiger partial charge in [-0.15, -0.1) is 11.8 Å². The van der Waals surface area contributed by atoms with E-state index >= 15 is 0 Å². The highest BCUT2D eigenvalue weighted by Gasteiger charge is 2.14. The van der Waals surface area contributed by atoms with Gasteiger partial charge in [-0.2, -0.15) is 0 Å². The number of nitrogens with one attached hydrogen (secondary N) is 2. The van der Waals surface area contributed by atoms with Crippen molar-refractivity contribution in [3.8, 4) is 0 Å². The number of hydrogen-bond donors (Lipinski definition) is 2. The molecule has 2 amide bonds. The second-order valence-electron chi connectivity index (χ2n) is 5.44. The van der Waals surface area contributed by atoms with Gasteiger partial charge in [-0.05, 0) is 54.0 Å². The Morgan fingerprint density at radius 1 is 1.08 bits per heavy atom. The van der Waals surface area contributed by atoms with Crippen molar-refractivity contribution < 1.29 is 9.59 Å². The van der Waals surface area contributed by atoms with Gasteiger partial charge >= 0.3 is 0 Å². The highest BCUT2D eigenvalue weighted by Crippen LogP contribution is 2.27. The van der Waals surface area contributed by atoms with Crippen molar-refractivity contribution >= 4 is 45.2 Å². The Balaban J connectivity index is 2.01. The van der Waals surface area contributed by atoms with E-state index in [2.05, 4.69) is 26.6 Å². The van der Waals surface area contributed by atoms with Crippen LogP contribution in [-0.4, -0.2) is 23.6 Å². The molecule has 0 unspecified atom stereocenters. The van der Waals surface area contributed by atoms with Crippen LogP contribution in [0.2, 0.25) is 0 Å². The molecule has 24 heavy (non-hydrogen) atoms. The third kappa shape index (κ3) is 5.39. The van der Waals surface area contributed by atoms with Crippen molar-refractivity contribution in [2.24, 2.45) is 0 Å². The second kappa shape index (κ2) is 8.89. The number of thioether (sulfide) groups is 1. The molecule has 0 saturated heterocycles. The Bertz CT molecular complexity index is 734. The van der Waals surface area contributed by atoms with E-state index < -0.39 is 0 Å². The molecule has 126 valence electrons. The fourth-order valence-electron chi connectivity index (χ4n) is 2.02. The van der Waals surface area contributed by atoms with Gasteiger partial charge in [-0.3, -0.25) is 9.59 Å². The smallest absolute Gasteiger partial charge is 0.253 e. The Morgan fingerprint density at radius 2 is 1.75 bits per heavy atom. The van der Waals surface area contributed by atoms with E-state index in [4.69, 9.17) is 0 Å². The number of rotatable bonds is 6. The predicted octanol–water partition coefficient (Wildman–Crippen LogP) is 4.32. The number of halogens is 1. The zero-order chi connectivity index (χ0) is 17.5. The summed E-state index contributed by atoms with van der Waals surface area (Å²) in [4.78, 5) is 25.4. The maximum absolute atomic E-state index is 12.2. The standard InChI is InChI=1S/C18H19BrN2O2S/c1-12(2)20-18(23)13-7-3-5-9-15(13)21-17(22)11-24-16-10-6-4-8-14(16)19/h3-10,12H,11H2,1-2H3,(H,20,23)(H,21,22). The summed E-state index contributed by atoms with van der Waals surface area (Å²) in [6.45, 7) is 3.79. The van der Waals surface area contributed by atoms with Crippen LogP contribution in [0.5, 0.6) is 0 Å². The predicted molar refractivity (Wildman–Crippen MR) is 103 cm³/mol. The van der Waals surface area contributed by atoms with E-state index in [1.165, 1.54) is 11.8 Å². The summed E-state index contributed by atoms with van der Waals surface area (Å²) in [7, 11) is 0. The minimum absolute atomic E-state index is 0.0345. The number of anilines is 1. The SMILES string of the molecule is CC(C)NC(=O)c1ccccc1NC(=O)CSc1ccccc1Br. The first-order valence-corrected chi connectivity index (χ1v) is 9.32. The lowest BCUT2D eigenvalue weighted by atomic mass is 10.1. The first kappa shape index (κ1) is 18.5. The van der Waals surface area contributed by atoms with Gasteiger partial charge in [-0.1, -0.05) is 24.3 Å². The third-order valence-electron chi connectivity index (χ3n) is 3.06. The highest BCUT2D eigenvalue weighted by atomic mass is 79.9. The molecule has 0 bridgehead atoms. The quantitative estimate of drug-likeness (QED) is 0.702. The van der Waals surface area contributed by atoms with Crippen molar-refractivity contribution in [2.75, 3.05) is 11.1 Å². The van der Waals surface area contributed by atoms with Crippen molar-refractivity contribution in [1.82, 2.24) is 5.32 Å². The molecule has 2 rings (SSSR count). The van der Waals surface area contributed by atoms with Crippen LogP contribution in [-0.2, 0) is 4.79 Å². The van der Waals surface area contributed by atoms with Gasteiger partial charge in [0.05, 0.1) is 17.0 Å². The third-order valence-corrected chi connectivity index (χ3v) is 5.09. The molecule has 0 spiro atoms. The van der Waals surface area contributed by atoms with Gasteiger partial charge in [0.15, 0.2) is 0 Å². The molecule has 0 saturated carbocycles. The normalized spacial score (nSPS) is 10.5. The number of benzene rings is 2. The minimum Gasteiger partial charge on any atom is -0.350 e. The van der Waals surface area contributed by atoms with Gasteiger partial charge < -0.3 is 10.6 Å². The average molecular weight is 407 g/mol. The molecule has 6 heteroatoms.